The summed E-state index contributed by atoms with van der Waals surface area (Å²) in [7, 11) is 2.10. The first-order valence-corrected chi connectivity index (χ1v) is 14.9. The summed E-state index contributed by atoms with van der Waals surface area (Å²) in [6.07, 6.45) is 9.64. The lowest BCUT2D eigenvalue weighted by molar-refractivity contribution is -0.127. The fraction of sp³-hybridized carbons (Fsp3) is 0.379. The number of likely N-dealkylation sites (tertiary alicyclic amines) is 1. The molecule has 4 aromatic rings. The zero-order valence-electron chi connectivity index (χ0n) is 23.5. The predicted molar refractivity (Wildman–Crippen MR) is 161 cm³/mol. The SMILES string of the molecule is Cc1nnc(NC(=O)c2ccc(Oc3ccnc4[nH]nc(N[C@@H]5CCCN(C(=O)/C=C/CN(C)C6CC6)C5)c34)cc2)s1. The van der Waals surface area contributed by atoms with Crippen molar-refractivity contribution < 1.29 is 14.3 Å². The van der Waals surface area contributed by atoms with E-state index >= 15 is 0 Å². The van der Waals surface area contributed by atoms with Gasteiger partial charge >= 0.3 is 0 Å². The number of H-pyrrole nitrogens is 1. The summed E-state index contributed by atoms with van der Waals surface area (Å²) in [6, 6.07) is 9.35. The van der Waals surface area contributed by atoms with E-state index in [4.69, 9.17) is 4.74 Å². The molecule has 4 heterocycles. The van der Waals surface area contributed by atoms with Gasteiger partial charge in [0.15, 0.2) is 11.5 Å². The van der Waals surface area contributed by atoms with Crippen molar-refractivity contribution in [3.05, 3.63) is 59.3 Å². The first-order valence-electron chi connectivity index (χ1n) is 14.1. The fourth-order valence-corrected chi connectivity index (χ4v) is 5.59. The second-order valence-corrected chi connectivity index (χ2v) is 11.8. The average Bonchev–Trinajstić information content (AvgIpc) is 3.66. The molecule has 218 valence electrons. The van der Waals surface area contributed by atoms with Crippen LogP contribution in [-0.4, -0.2) is 85.8 Å². The topological polar surface area (TPSA) is 141 Å². The molecular weight excluding hydrogens is 554 g/mol. The number of anilines is 2. The van der Waals surface area contributed by atoms with Crippen LogP contribution in [0.4, 0.5) is 10.9 Å². The lowest BCUT2D eigenvalue weighted by Gasteiger charge is -2.32. The highest BCUT2D eigenvalue weighted by Crippen LogP contribution is 2.34. The molecule has 6 rings (SSSR count). The molecule has 3 N–H and O–H groups in total. The van der Waals surface area contributed by atoms with Crippen LogP contribution in [0.25, 0.3) is 11.0 Å². The number of pyridine rings is 1. The van der Waals surface area contributed by atoms with Crippen LogP contribution in [0.1, 0.15) is 41.0 Å². The third-order valence-electron chi connectivity index (χ3n) is 7.41. The molecule has 2 amide bonds. The van der Waals surface area contributed by atoms with Crippen molar-refractivity contribution in [2.75, 3.05) is 37.3 Å². The largest absolute Gasteiger partial charge is 0.456 e. The minimum atomic E-state index is -0.272. The van der Waals surface area contributed by atoms with Crippen LogP contribution >= 0.6 is 11.3 Å². The summed E-state index contributed by atoms with van der Waals surface area (Å²) in [4.78, 5) is 34.0. The standard InChI is InChI=1S/C29H33N9O3S/c1-18-33-36-29(42-18)32-28(40)19-7-11-22(12-8-19)41-23-13-14-30-26-25(23)27(35-34-26)31-20-5-3-16-38(17-20)24(39)6-4-15-37(2)21-9-10-21/h4,6-8,11-14,20-21H,3,5,9-10,15-17H2,1-2H3,(H,32,36,40)(H2,30,31,34,35)/b6-4+/t20-/m1/s1. The lowest BCUT2D eigenvalue weighted by atomic mass is 10.1. The van der Waals surface area contributed by atoms with Crippen LogP contribution in [0.5, 0.6) is 11.5 Å². The number of nitrogens with zero attached hydrogens (tertiary/aromatic N) is 6. The van der Waals surface area contributed by atoms with Crippen LogP contribution in [-0.2, 0) is 4.79 Å². The second kappa shape index (κ2) is 12.2. The Labute approximate surface area is 247 Å². The van der Waals surface area contributed by atoms with Gasteiger partial charge in [-0.1, -0.05) is 17.4 Å². The number of fused-ring (bicyclic) bond motifs is 1. The highest BCUT2D eigenvalue weighted by atomic mass is 32.1. The van der Waals surface area contributed by atoms with E-state index in [1.54, 1.807) is 42.6 Å². The van der Waals surface area contributed by atoms with Crippen molar-refractivity contribution in [2.45, 2.75) is 44.7 Å². The number of nitrogens with one attached hydrogen (secondary N) is 3. The molecule has 2 aliphatic rings. The molecule has 42 heavy (non-hydrogen) atoms. The van der Waals surface area contributed by atoms with Gasteiger partial charge in [-0.15, -0.1) is 10.2 Å². The summed E-state index contributed by atoms with van der Waals surface area (Å²) in [6.45, 7) is 3.95. The van der Waals surface area contributed by atoms with Gasteiger partial charge in [-0.3, -0.25) is 24.9 Å². The van der Waals surface area contributed by atoms with E-state index < -0.39 is 0 Å². The number of benzene rings is 1. The molecule has 12 nitrogen and oxygen atoms in total. The highest BCUT2D eigenvalue weighted by Gasteiger charge is 2.26. The minimum absolute atomic E-state index is 0.0406. The molecule has 0 unspecified atom stereocenters. The Morgan fingerprint density at radius 3 is 2.79 bits per heavy atom. The fourth-order valence-electron chi connectivity index (χ4n) is 5.01. The third-order valence-corrected chi connectivity index (χ3v) is 8.17. The number of aromatic nitrogens is 5. The van der Waals surface area contributed by atoms with Crippen LogP contribution < -0.4 is 15.4 Å². The van der Waals surface area contributed by atoms with E-state index in [-0.39, 0.29) is 17.9 Å². The Kier molecular flexibility index (Phi) is 8.11. The van der Waals surface area contributed by atoms with E-state index in [2.05, 4.69) is 48.0 Å². The number of aromatic amines is 1. The highest BCUT2D eigenvalue weighted by molar-refractivity contribution is 7.15. The molecule has 0 bridgehead atoms. The van der Waals surface area contributed by atoms with Crippen LogP contribution in [0.2, 0.25) is 0 Å². The van der Waals surface area contributed by atoms with Crippen molar-refractivity contribution in [3.8, 4) is 11.5 Å². The smallest absolute Gasteiger partial charge is 0.257 e. The minimum Gasteiger partial charge on any atom is -0.456 e. The number of piperidine rings is 1. The lowest BCUT2D eigenvalue weighted by Crippen LogP contribution is -2.44. The number of carbonyl (C=O) groups is 2. The first-order chi connectivity index (χ1) is 20.4. The van der Waals surface area contributed by atoms with Crippen LogP contribution in [0.3, 0.4) is 0 Å². The maximum absolute atomic E-state index is 12.9. The van der Waals surface area contributed by atoms with Gasteiger partial charge in [0.25, 0.3) is 5.91 Å². The predicted octanol–water partition coefficient (Wildman–Crippen LogP) is 4.22. The number of amides is 2. The summed E-state index contributed by atoms with van der Waals surface area (Å²) < 4.78 is 6.21. The molecule has 2 fully saturated rings. The molecular formula is C29H33N9O3S. The molecule has 1 atom stereocenters. The Balaban J connectivity index is 1.10. The Morgan fingerprint density at radius 1 is 1.19 bits per heavy atom. The van der Waals surface area contributed by atoms with Gasteiger partial charge in [0, 0.05) is 55.6 Å². The number of hydrogen-bond donors (Lipinski definition) is 3. The number of ether oxygens (including phenoxy) is 1. The zero-order valence-corrected chi connectivity index (χ0v) is 24.4. The van der Waals surface area contributed by atoms with Crippen molar-refractivity contribution in [2.24, 2.45) is 0 Å². The molecule has 0 radical (unpaired) electrons. The van der Waals surface area contributed by atoms with Crippen molar-refractivity contribution >= 4 is 45.1 Å². The Hall–Kier alpha value is -4.36. The molecule has 1 aliphatic heterocycles. The van der Waals surface area contributed by atoms with E-state index in [0.29, 0.717) is 46.2 Å². The van der Waals surface area contributed by atoms with Gasteiger partial charge in [0.1, 0.15) is 21.9 Å². The Bertz CT molecular complexity index is 1600. The number of likely N-dealkylation sites (N-methyl/N-ethyl adjacent to an activating group) is 1. The first kappa shape index (κ1) is 27.8. The molecule has 13 heteroatoms. The van der Waals surface area contributed by atoms with E-state index in [0.717, 1.165) is 36.3 Å². The van der Waals surface area contributed by atoms with Gasteiger partial charge in [0.2, 0.25) is 11.0 Å². The maximum atomic E-state index is 12.9. The average molecular weight is 588 g/mol. The summed E-state index contributed by atoms with van der Waals surface area (Å²) in [5, 5.41) is 23.5. The third kappa shape index (κ3) is 6.58. The van der Waals surface area contributed by atoms with E-state index in [1.807, 2.05) is 17.9 Å². The Morgan fingerprint density at radius 2 is 2.02 bits per heavy atom. The van der Waals surface area contributed by atoms with Gasteiger partial charge in [0.05, 0.1) is 0 Å². The number of hydrogen-bond acceptors (Lipinski definition) is 10. The van der Waals surface area contributed by atoms with Crippen molar-refractivity contribution in [3.63, 3.8) is 0 Å². The number of carbonyl (C=O) groups excluding carboxylic acids is 2. The normalized spacial score (nSPS) is 17.2. The van der Waals surface area contributed by atoms with Gasteiger partial charge < -0.3 is 15.0 Å². The van der Waals surface area contributed by atoms with Gasteiger partial charge in [-0.2, -0.15) is 5.10 Å². The molecule has 0 spiro atoms. The van der Waals surface area contributed by atoms with E-state index in [9.17, 15) is 9.59 Å². The summed E-state index contributed by atoms with van der Waals surface area (Å²) >= 11 is 1.32. The molecule has 1 saturated carbocycles. The number of rotatable bonds is 10. The summed E-state index contributed by atoms with van der Waals surface area (Å²) in [5.74, 6) is 1.53. The molecule has 3 aromatic heterocycles. The van der Waals surface area contributed by atoms with Crippen LogP contribution in [0, 0.1) is 6.92 Å². The number of aryl methyl sites for hydroxylation is 1. The zero-order chi connectivity index (χ0) is 29.1. The molecule has 1 aromatic carbocycles. The second-order valence-electron chi connectivity index (χ2n) is 10.7. The van der Waals surface area contributed by atoms with Crippen molar-refractivity contribution in [1.29, 1.82) is 0 Å². The monoisotopic (exact) mass is 587 g/mol. The van der Waals surface area contributed by atoms with E-state index in [1.165, 1.54) is 24.2 Å². The molecule has 1 saturated heterocycles. The van der Waals surface area contributed by atoms with Crippen LogP contribution in [0.15, 0.2) is 48.7 Å². The quantitative estimate of drug-likeness (QED) is 0.233. The summed E-state index contributed by atoms with van der Waals surface area (Å²) in [5.41, 5.74) is 1.06. The maximum Gasteiger partial charge on any atom is 0.257 e. The van der Waals surface area contributed by atoms with Gasteiger partial charge in [-0.05, 0) is 63.9 Å². The van der Waals surface area contributed by atoms with Gasteiger partial charge in [-0.25, -0.2) is 4.98 Å². The molecule has 1 aliphatic carbocycles. The van der Waals surface area contributed by atoms with Crippen molar-refractivity contribution in [1.82, 2.24) is 35.2 Å².